The van der Waals surface area contributed by atoms with Crippen LogP contribution in [-0.2, 0) is 4.79 Å². The van der Waals surface area contributed by atoms with E-state index in [-0.39, 0.29) is 11.8 Å². The van der Waals surface area contributed by atoms with Crippen molar-refractivity contribution in [1.82, 2.24) is 5.43 Å². The number of hydrazone groups is 1. The van der Waals surface area contributed by atoms with Crippen LogP contribution in [0.15, 0.2) is 5.10 Å². The van der Waals surface area contributed by atoms with Gasteiger partial charge in [0.1, 0.15) is 0 Å². The van der Waals surface area contributed by atoms with E-state index in [0.29, 0.717) is 5.92 Å². The van der Waals surface area contributed by atoms with Crippen LogP contribution in [0.3, 0.4) is 0 Å². The summed E-state index contributed by atoms with van der Waals surface area (Å²) >= 11 is 0. The van der Waals surface area contributed by atoms with Gasteiger partial charge in [-0.3, -0.25) is 4.79 Å². The molecule has 3 nitrogen and oxygen atoms in total. The molecule has 0 radical (unpaired) electrons. The molecule has 0 aliphatic heterocycles. The third-order valence-corrected chi connectivity index (χ3v) is 2.52. The number of carbonyl (C=O) groups is 1. The quantitative estimate of drug-likeness (QED) is 0.546. The van der Waals surface area contributed by atoms with E-state index in [9.17, 15) is 4.79 Å². The first kappa shape index (κ1) is 11.2. The minimum atomic E-state index is 0.0987. The lowest BCUT2D eigenvalue weighted by Gasteiger charge is -2.19. The molecule has 0 saturated heterocycles. The Morgan fingerprint density at radius 1 is 1.36 bits per heavy atom. The molecule has 0 aromatic rings. The van der Waals surface area contributed by atoms with Gasteiger partial charge in [0, 0.05) is 12.1 Å². The first-order chi connectivity index (χ1) is 6.70. The normalized spacial score (nSPS) is 19.1. The van der Waals surface area contributed by atoms with Crippen LogP contribution in [0.5, 0.6) is 0 Å². The highest BCUT2D eigenvalue weighted by molar-refractivity contribution is 5.79. The van der Waals surface area contributed by atoms with Crippen molar-refractivity contribution in [3.05, 3.63) is 0 Å². The summed E-state index contributed by atoms with van der Waals surface area (Å²) in [6.45, 7) is 4.08. The standard InChI is InChI=1S/C11H20N2O/c1-9(2)8-12-13-11(14)10-6-4-3-5-7-10/h8-10H,3-7H2,1-2H3,(H,13,14)/b12-8+. The van der Waals surface area contributed by atoms with Crippen molar-refractivity contribution in [2.45, 2.75) is 46.0 Å². The van der Waals surface area contributed by atoms with Crippen molar-refractivity contribution in [2.24, 2.45) is 16.9 Å². The Morgan fingerprint density at radius 2 is 2.00 bits per heavy atom. The molecular formula is C11H20N2O. The number of carbonyl (C=O) groups excluding carboxylic acids is 1. The van der Waals surface area contributed by atoms with Crippen LogP contribution in [0, 0.1) is 11.8 Å². The van der Waals surface area contributed by atoms with Gasteiger partial charge in [-0.1, -0.05) is 33.1 Å². The fourth-order valence-electron chi connectivity index (χ4n) is 1.71. The molecule has 0 spiro atoms. The molecule has 14 heavy (non-hydrogen) atoms. The second-order valence-electron chi connectivity index (χ2n) is 4.33. The predicted octanol–water partition coefficient (Wildman–Crippen LogP) is 2.32. The highest BCUT2D eigenvalue weighted by atomic mass is 16.2. The third kappa shape index (κ3) is 3.90. The maximum Gasteiger partial charge on any atom is 0.243 e. The number of rotatable bonds is 3. The molecule has 1 N–H and O–H groups in total. The lowest BCUT2D eigenvalue weighted by molar-refractivity contribution is -0.125. The van der Waals surface area contributed by atoms with Gasteiger partial charge in [-0.15, -0.1) is 0 Å². The Bertz CT molecular complexity index is 205. The molecule has 1 amide bonds. The zero-order valence-electron chi connectivity index (χ0n) is 9.12. The van der Waals surface area contributed by atoms with Crippen LogP contribution in [-0.4, -0.2) is 12.1 Å². The lowest BCUT2D eigenvalue weighted by Crippen LogP contribution is -2.28. The highest BCUT2D eigenvalue weighted by Crippen LogP contribution is 2.23. The molecule has 0 atom stereocenters. The van der Waals surface area contributed by atoms with Crippen LogP contribution >= 0.6 is 0 Å². The minimum absolute atomic E-state index is 0.0987. The molecule has 1 aliphatic carbocycles. The Balaban J connectivity index is 2.26. The van der Waals surface area contributed by atoms with E-state index in [2.05, 4.69) is 10.5 Å². The average Bonchev–Trinajstić information content (AvgIpc) is 2.18. The summed E-state index contributed by atoms with van der Waals surface area (Å²) < 4.78 is 0. The predicted molar refractivity (Wildman–Crippen MR) is 58.0 cm³/mol. The molecule has 0 unspecified atom stereocenters. The van der Waals surface area contributed by atoms with Gasteiger partial charge in [0.05, 0.1) is 0 Å². The summed E-state index contributed by atoms with van der Waals surface area (Å²) in [6, 6.07) is 0. The maximum atomic E-state index is 11.6. The smallest absolute Gasteiger partial charge is 0.243 e. The first-order valence-corrected chi connectivity index (χ1v) is 5.53. The van der Waals surface area contributed by atoms with E-state index in [1.807, 2.05) is 13.8 Å². The van der Waals surface area contributed by atoms with Gasteiger partial charge in [-0.25, -0.2) is 5.43 Å². The largest absolute Gasteiger partial charge is 0.273 e. The number of hydrogen-bond acceptors (Lipinski definition) is 2. The van der Waals surface area contributed by atoms with E-state index < -0.39 is 0 Å². The van der Waals surface area contributed by atoms with Crippen molar-refractivity contribution in [2.75, 3.05) is 0 Å². The minimum Gasteiger partial charge on any atom is -0.273 e. The number of amides is 1. The van der Waals surface area contributed by atoms with Crippen molar-refractivity contribution in [3.8, 4) is 0 Å². The Labute approximate surface area is 86.0 Å². The molecule has 0 bridgehead atoms. The van der Waals surface area contributed by atoms with Crippen LogP contribution in [0.25, 0.3) is 0 Å². The molecule has 1 rings (SSSR count). The first-order valence-electron chi connectivity index (χ1n) is 5.53. The van der Waals surface area contributed by atoms with Gasteiger partial charge in [-0.2, -0.15) is 5.10 Å². The van der Waals surface area contributed by atoms with Gasteiger partial charge in [0.2, 0.25) is 5.91 Å². The molecule has 1 aliphatic rings. The lowest BCUT2D eigenvalue weighted by atomic mass is 9.89. The van der Waals surface area contributed by atoms with Crippen molar-refractivity contribution in [3.63, 3.8) is 0 Å². The van der Waals surface area contributed by atoms with Crippen LogP contribution in [0.1, 0.15) is 46.0 Å². The van der Waals surface area contributed by atoms with E-state index in [0.717, 1.165) is 12.8 Å². The fourth-order valence-corrected chi connectivity index (χ4v) is 1.71. The van der Waals surface area contributed by atoms with Crippen molar-refractivity contribution in [1.29, 1.82) is 0 Å². The summed E-state index contributed by atoms with van der Waals surface area (Å²) in [4.78, 5) is 11.6. The van der Waals surface area contributed by atoms with Crippen molar-refractivity contribution < 1.29 is 4.79 Å². The molecule has 80 valence electrons. The van der Waals surface area contributed by atoms with E-state index in [1.165, 1.54) is 19.3 Å². The Morgan fingerprint density at radius 3 is 2.57 bits per heavy atom. The second kappa shape index (κ2) is 5.78. The van der Waals surface area contributed by atoms with Crippen molar-refractivity contribution >= 4 is 12.1 Å². The topological polar surface area (TPSA) is 41.5 Å². The third-order valence-electron chi connectivity index (χ3n) is 2.52. The van der Waals surface area contributed by atoms with Gasteiger partial charge in [0.25, 0.3) is 0 Å². The molecular weight excluding hydrogens is 176 g/mol. The van der Waals surface area contributed by atoms with Crippen LogP contribution < -0.4 is 5.43 Å². The van der Waals surface area contributed by atoms with Gasteiger partial charge < -0.3 is 0 Å². The molecule has 1 fully saturated rings. The SMILES string of the molecule is CC(C)/C=N/NC(=O)C1CCCCC1. The van der Waals surface area contributed by atoms with E-state index >= 15 is 0 Å². The molecule has 0 aromatic heterocycles. The Kier molecular flexibility index (Phi) is 4.63. The maximum absolute atomic E-state index is 11.6. The number of nitrogens with zero attached hydrogens (tertiary/aromatic N) is 1. The summed E-state index contributed by atoms with van der Waals surface area (Å²) in [5, 5.41) is 3.92. The second-order valence-corrected chi connectivity index (χ2v) is 4.33. The van der Waals surface area contributed by atoms with Crippen LogP contribution in [0.4, 0.5) is 0 Å². The van der Waals surface area contributed by atoms with Gasteiger partial charge in [-0.05, 0) is 18.8 Å². The fraction of sp³-hybridized carbons (Fsp3) is 0.818. The Hall–Kier alpha value is -0.860. The van der Waals surface area contributed by atoms with Crippen LogP contribution in [0.2, 0.25) is 0 Å². The summed E-state index contributed by atoms with van der Waals surface area (Å²) in [5.74, 6) is 0.691. The summed E-state index contributed by atoms with van der Waals surface area (Å²) in [6.07, 6.45) is 7.48. The number of hydrogen-bond donors (Lipinski definition) is 1. The highest BCUT2D eigenvalue weighted by Gasteiger charge is 2.20. The summed E-state index contributed by atoms with van der Waals surface area (Å²) in [7, 11) is 0. The van der Waals surface area contributed by atoms with E-state index in [1.54, 1.807) is 6.21 Å². The monoisotopic (exact) mass is 196 g/mol. The van der Waals surface area contributed by atoms with E-state index in [4.69, 9.17) is 0 Å². The van der Waals surface area contributed by atoms with Gasteiger partial charge in [0.15, 0.2) is 0 Å². The molecule has 0 heterocycles. The molecule has 1 saturated carbocycles. The van der Waals surface area contributed by atoms with Gasteiger partial charge >= 0.3 is 0 Å². The zero-order valence-corrected chi connectivity index (χ0v) is 9.12. The average molecular weight is 196 g/mol. The molecule has 3 heteroatoms. The number of nitrogens with one attached hydrogen (secondary N) is 1. The summed E-state index contributed by atoms with van der Waals surface area (Å²) in [5.41, 5.74) is 2.61. The zero-order chi connectivity index (χ0) is 10.4. The molecule has 0 aromatic carbocycles.